The fourth-order valence-corrected chi connectivity index (χ4v) is 1.23. The molecule has 4 heteroatoms. The van der Waals surface area contributed by atoms with Crippen molar-refractivity contribution in [1.82, 2.24) is 9.97 Å². The van der Waals surface area contributed by atoms with Crippen molar-refractivity contribution < 1.29 is 0 Å². The minimum Gasteiger partial charge on any atom is -0.342 e. The molecule has 1 aromatic carbocycles. The van der Waals surface area contributed by atoms with Gasteiger partial charge in [-0.15, -0.1) is 0 Å². The standard InChI is InChI=1S/C11H11N3O/c1-8-2-4-9(5-3-8)13-10-6-7-12-11(15)14-10/h2-7H,1H3,(H2,12,13,14,15). The Bertz CT molecular complexity index is 502. The van der Waals surface area contributed by atoms with Crippen LogP contribution in [0.25, 0.3) is 0 Å². The minimum atomic E-state index is -0.355. The highest BCUT2D eigenvalue weighted by Crippen LogP contribution is 2.13. The van der Waals surface area contributed by atoms with E-state index < -0.39 is 0 Å². The van der Waals surface area contributed by atoms with Crippen molar-refractivity contribution in [1.29, 1.82) is 0 Å². The van der Waals surface area contributed by atoms with Crippen molar-refractivity contribution in [2.45, 2.75) is 6.92 Å². The van der Waals surface area contributed by atoms with Gasteiger partial charge in [-0.1, -0.05) is 17.7 Å². The van der Waals surface area contributed by atoms with Crippen LogP contribution in [0.2, 0.25) is 0 Å². The minimum absolute atomic E-state index is 0.355. The van der Waals surface area contributed by atoms with Crippen molar-refractivity contribution in [3.05, 3.63) is 52.6 Å². The molecule has 2 N–H and O–H groups in total. The van der Waals surface area contributed by atoms with Gasteiger partial charge >= 0.3 is 5.69 Å². The highest BCUT2D eigenvalue weighted by atomic mass is 16.1. The lowest BCUT2D eigenvalue weighted by molar-refractivity contribution is 1.08. The Morgan fingerprint density at radius 2 is 1.93 bits per heavy atom. The highest BCUT2D eigenvalue weighted by molar-refractivity contribution is 5.55. The van der Waals surface area contributed by atoms with Crippen LogP contribution < -0.4 is 11.0 Å². The number of benzene rings is 1. The molecule has 0 unspecified atom stereocenters. The summed E-state index contributed by atoms with van der Waals surface area (Å²) >= 11 is 0. The molecule has 0 aliphatic heterocycles. The Balaban J connectivity index is 2.22. The number of hydrogen-bond acceptors (Lipinski definition) is 3. The number of rotatable bonds is 2. The van der Waals surface area contributed by atoms with E-state index in [4.69, 9.17) is 0 Å². The van der Waals surface area contributed by atoms with Crippen LogP contribution in [0, 0.1) is 6.92 Å². The summed E-state index contributed by atoms with van der Waals surface area (Å²) < 4.78 is 0. The molecule has 0 bridgehead atoms. The second-order valence-corrected chi connectivity index (χ2v) is 3.28. The summed E-state index contributed by atoms with van der Waals surface area (Å²) in [6.45, 7) is 2.03. The first kappa shape index (κ1) is 9.45. The lowest BCUT2D eigenvalue weighted by atomic mass is 10.2. The molecule has 0 radical (unpaired) electrons. The van der Waals surface area contributed by atoms with Gasteiger partial charge in [-0.25, -0.2) is 9.78 Å². The quantitative estimate of drug-likeness (QED) is 0.779. The lowest BCUT2D eigenvalue weighted by Gasteiger charge is -2.05. The van der Waals surface area contributed by atoms with Gasteiger partial charge in [0.05, 0.1) is 0 Å². The van der Waals surface area contributed by atoms with Gasteiger partial charge in [-0.2, -0.15) is 0 Å². The van der Waals surface area contributed by atoms with E-state index in [-0.39, 0.29) is 5.69 Å². The molecule has 0 spiro atoms. The van der Waals surface area contributed by atoms with Gasteiger partial charge in [0.2, 0.25) is 0 Å². The third kappa shape index (κ3) is 2.43. The zero-order valence-corrected chi connectivity index (χ0v) is 8.32. The van der Waals surface area contributed by atoms with Gasteiger partial charge in [0.25, 0.3) is 0 Å². The second kappa shape index (κ2) is 3.96. The summed E-state index contributed by atoms with van der Waals surface area (Å²) in [6, 6.07) is 9.62. The molecular weight excluding hydrogens is 190 g/mol. The molecule has 0 fully saturated rings. The third-order valence-electron chi connectivity index (χ3n) is 2.01. The first-order chi connectivity index (χ1) is 7.24. The largest absolute Gasteiger partial charge is 0.346 e. The topological polar surface area (TPSA) is 57.8 Å². The molecule has 0 aliphatic carbocycles. The number of hydrogen-bond donors (Lipinski definition) is 2. The Morgan fingerprint density at radius 3 is 2.60 bits per heavy atom. The normalized spacial score (nSPS) is 9.93. The van der Waals surface area contributed by atoms with Gasteiger partial charge in [0.1, 0.15) is 5.82 Å². The summed E-state index contributed by atoms with van der Waals surface area (Å²) in [5.74, 6) is 0.638. The fourth-order valence-electron chi connectivity index (χ4n) is 1.23. The van der Waals surface area contributed by atoms with E-state index in [0.717, 1.165) is 5.69 Å². The van der Waals surface area contributed by atoms with Crippen LogP contribution in [-0.2, 0) is 0 Å². The number of aromatic amines is 1. The Kier molecular flexibility index (Phi) is 2.49. The van der Waals surface area contributed by atoms with Crippen molar-refractivity contribution in [3.63, 3.8) is 0 Å². The average Bonchev–Trinajstić information content (AvgIpc) is 2.22. The molecule has 0 aliphatic rings. The summed E-state index contributed by atoms with van der Waals surface area (Å²) in [7, 11) is 0. The van der Waals surface area contributed by atoms with E-state index in [1.54, 1.807) is 6.07 Å². The van der Waals surface area contributed by atoms with E-state index in [1.165, 1.54) is 11.8 Å². The van der Waals surface area contributed by atoms with Crippen molar-refractivity contribution >= 4 is 11.5 Å². The smallest absolute Gasteiger partial charge is 0.342 e. The molecule has 1 heterocycles. The number of aromatic nitrogens is 2. The molecule has 0 saturated heterocycles. The van der Waals surface area contributed by atoms with Crippen molar-refractivity contribution in [2.75, 3.05) is 5.32 Å². The Morgan fingerprint density at radius 1 is 1.20 bits per heavy atom. The maximum atomic E-state index is 10.9. The molecule has 15 heavy (non-hydrogen) atoms. The van der Waals surface area contributed by atoms with E-state index >= 15 is 0 Å². The predicted octanol–water partition coefficient (Wildman–Crippen LogP) is 1.82. The van der Waals surface area contributed by atoms with Crippen molar-refractivity contribution in [2.24, 2.45) is 0 Å². The zero-order valence-electron chi connectivity index (χ0n) is 8.32. The maximum Gasteiger partial charge on any atom is 0.346 e. The van der Waals surface area contributed by atoms with Crippen LogP contribution >= 0.6 is 0 Å². The summed E-state index contributed by atoms with van der Waals surface area (Å²) in [4.78, 5) is 17.1. The molecule has 1 aromatic heterocycles. The van der Waals surface area contributed by atoms with Crippen molar-refractivity contribution in [3.8, 4) is 0 Å². The first-order valence-corrected chi connectivity index (χ1v) is 4.63. The predicted molar refractivity (Wildman–Crippen MR) is 59.3 cm³/mol. The first-order valence-electron chi connectivity index (χ1n) is 4.63. The van der Waals surface area contributed by atoms with Crippen LogP contribution in [0.15, 0.2) is 41.3 Å². The van der Waals surface area contributed by atoms with Crippen LogP contribution in [0.3, 0.4) is 0 Å². The molecule has 0 saturated carbocycles. The Labute approximate surface area is 87.0 Å². The van der Waals surface area contributed by atoms with Crippen LogP contribution in [-0.4, -0.2) is 9.97 Å². The molecule has 2 aromatic rings. The van der Waals surface area contributed by atoms with Gasteiger partial charge in [0, 0.05) is 11.9 Å². The molecule has 0 atom stereocenters. The molecular formula is C11H11N3O. The number of nitrogens with zero attached hydrogens (tertiary/aromatic N) is 1. The second-order valence-electron chi connectivity index (χ2n) is 3.28. The lowest BCUT2D eigenvalue weighted by Crippen LogP contribution is -2.10. The fraction of sp³-hybridized carbons (Fsp3) is 0.0909. The number of aryl methyl sites for hydroxylation is 1. The van der Waals surface area contributed by atoms with E-state index in [2.05, 4.69) is 15.3 Å². The van der Waals surface area contributed by atoms with E-state index in [0.29, 0.717) is 5.82 Å². The van der Waals surface area contributed by atoms with Gasteiger partial charge in [0.15, 0.2) is 0 Å². The van der Waals surface area contributed by atoms with Gasteiger partial charge in [-0.05, 0) is 25.1 Å². The average molecular weight is 201 g/mol. The SMILES string of the molecule is Cc1ccc(Nc2ccnc(=O)[nH]2)cc1. The van der Waals surface area contributed by atoms with E-state index in [1.807, 2.05) is 31.2 Å². The number of H-pyrrole nitrogens is 1. The number of anilines is 2. The summed E-state index contributed by atoms with van der Waals surface area (Å²) in [6.07, 6.45) is 1.47. The van der Waals surface area contributed by atoms with Crippen LogP contribution in [0.5, 0.6) is 0 Å². The van der Waals surface area contributed by atoms with Gasteiger partial charge in [-0.3, -0.25) is 4.98 Å². The number of nitrogens with one attached hydrogen (secondary N) is 2. The van der Waals surface area contributed by atoms with E-state index in [9.17, 15) is 4.79 Å². The highest BCUT2D eigenvalue weighted by Gasteiger charge is 1.94. The maximum absolute atomic E-state index is 10.9. The molecule has 76 valence electrons. The zero-order chi connectivity index (χ0) is 10.7. The van der Waals surface area contributed by atoms with Gasteiger partial charge < -0.3 is 5.32 Å². The van der Waals surface area contributed by atoms with Crippen LogP contribution in [0.1, 0.15) is 5.56 Å². The Hall–Kier alpha value is -2.10. The molecule has 4 nitrogen and oxygen atoms in total. The molecule has 2 rings (SSSR count). The molecule has 0 amide bonds. The summed E-state index contributed by atoms with van der Waals surface area (Å²) in [5.41, 5.74) is 1.78. The van der Waals surface area contributed by atoms with Crippen LogP contribution in [0.4, 0.5) is 11.5 Å². The summed E-state index contributed by atoms with van der Waals surface area (Å²) in [5, 5.41) is 3.08. The monoisotopic (exact) mass is 201 g/mol. The third-order valence-corrected chi connectivity index (χ3v) is 2.01.